The molecule has 0 saturated carbocycles. The standard InChI is InChI=1S/C29H47N5O7.C7H9NO2.C2H6/c1-7-40-20(6)10-15-24(35)34-25(18(2)3)27(37)33-23(9-8-16-31-29(30)39)26(36)32-22-13-11-21(12-14-22)17-41-28(38)19(4)5;1-5(2)8-6(9)3-4-7(8)10;1-2/h11-14,18-20,23,25H,7-10,15-17H2,1-6H3,(H,32,36)(H,33,37)(H,34,35)(H3,30,31,39);3-5H,1-2H3;1-2H3/t20?,23-,25?;;/m0../s1. The molecule has 1 aromatic rings. The van der Waals surface area contributed by atoms with Gasteiger partial charge in [0.2, 0.25) is 17.7 Å². The number of nitrogens with two attached hydrogens (primary N) is 1. The minimum absolute atomic E-state index is 0.0324. The molecule has 1 aliphatic rings. The first kappa shape index (κ1) is 48.2. The van der Waals surface area contributed by atoms with Crippen molar-refractivity contribution in [1.29, 1.82) is 0 Å². The number of imide groups is 1. The molecule has 0 radical (unpaired) electrons. The fourth-order valence-corrected chi connectivity index (χ4v) is 4.69. The van der Waals surface area contributed by atoms with E-state index in [4.69, 9.17) is 15.2 Å². The van der Waals surface area contributed by atoms with E-state index in [1.54, 1.807) is 52.0 Å². The number of hydrogen-bond donors (Lipinski definition) is 5. The van der Waals surface area contributed by atoms with Crippen LogP contribution in [0.4, 0.5) is 10.5 Å². The van der Waals surface area contributed by atoms with E-state index in [2.05, 4.69) is 21.3 Å². The van der Waals surface area contributed by atoms with Crippen LogP contribution < -0.4 is 27.0 Å². The zero-order valence-corrected chi connectivity index (χ0v) is 33.1. The molecule has 6 N–H and O–H groups in total. The van der Waals surface area contributed by atoms with Crippen molar-refractivity contribution < 1.29 is 43.0 Å². The predicted octanol–water partition coefficient (Wildman–Crippen LogP) is 3.95. The molecule has 0 aliphatic carbocycles. The average Bonchev–Trinajstić information content (AvgIpc) is 3.45. The lowest BCUT2D eigenvalue weighted by Gasteiger charge is -2.25. The summed E-state index contributed by atoms with van der Waals surface area (Å²) in [6.45, 7) is 19.4. The van der Waals surface area contributed by atoms with Gasteiger partial charge in [-0.15, -0.1) is 0 Å². The third-order valence-corrected chi connectivity index (χ3v) is 7.53. The molecule has 2 unspecified atom stereocenters. The Kier molecular flexibility index (Phi) is 23.7. The normalized spacial score (nSPS) is 13.6. The summed E-state index contributed by atoms with van der Waals surface area (Å²) in [6, 6.07) is 4.28. The van der Waals surface area contributed by atoms with E-state index >= 15 is 0 Å². The number of rotatable bonds is 19. The van der Waals surface area contributed by atoms with E-state index in [1.807, 2.05) is 41.5 Å². The van der Waals surface area contributed by atoms with Gasteiger partial charge < -0.3 is 36.5 Å². The highest BCUT2D eigenvalue weighted by atomic mass is 16.5. The highest BCUT2D eigenvalue weighted by molar-refractivity contribution is 6.13. The summed E-state index contributed by atoms with van der Waals surface area (Å²) in [5.74, 6) is -2.42. The van der Waals surface area contributed by atoms with E-state index in [0.717, 1.165) is 5.56 Å². The van der Waals surface area contributed by atoms with Gasteiger partial charge in [0.15, 0.2) is 0 Å². The Morgan fingerprint density at radius 2 is 1.42 bits per heavy atom. The Bertz CT molecular complexity index is 1340. The van der Waals surface area contributed by atoms with E-state index in [-0.39, 0.29) is 73.7 Å². The second-order valence-corrected chi connectivity index (χ2v) is 13.0. The highest BCUT2D eigenvalue weighted by Gasteiger charge is 2.29. The van der Waals surface area contributed by atoms with E-state index in [0.29, 0.717) is 25.1 Å². The Hall–Kier alpha value is -4.79. The van der Waals surface area contributed by atoms with Crippen LogP contribution in [0.5, 0.6) is 0 Å². The van der Waals surface area contributed by atoms with Gasteiger partial charge in [-0.25, -0.2) is 4.79 Å². The number of urea groups is 1. The van der Waals surface area contributed by atoms with Crippen LogP contribution in [0.2, 0.25) is 0 Å². The van der Waals surface area contributed by atoms with Gasteiger partial charge in [-0.1, -0.05) is 53.7 Å². The van der Waals surface area contributed by atoms with Crippen molar-refractivity contribution in [2.45, 2.75) is 126 Å². The van der Waals surface area contributed by atoms with Gasteiger partial charge in [-0.05, 0) is 70.6 Å². The maximum Gasteiger partial charge on any atom is 0.312 e. The number of benzene rings is 1. The van der Waals surface area contributed by atoms with Crippen molar-refractivity contribution in [3.8, 4) is 0 Å². The second-order valence-electron chi connectivity index (χ2n) is 13.0. The van der Waals surface area contributed by atoms with Crippen molar-refractivity contribution in [3.63, 3.8) is 0 Å². The van der Waals surface area contributed by atoms with Gasteiger partial charge in [0.1, 0.15) is 18.7 Å². The lowest BCUT2D eigenvalue weighted by molar-refractivity contribution is -0.148. The maximum atomic E-state index is 13.2. The van der Waals surface area contributed by atoms with Gasteiger partial charge in [0.25, 0.3) is 11.8 Å². The van der Waals surface area contributed by atoms with E-state index in [1.165, 1.54) is 17.1 Å². The number of ether oxygens (including phenoxy) is 2. The first-order valence-corrected chi connectivity index (χ1v) is 18.3. The number of esters is 1. The first-order chi connectivity index (χ1) is 25.0. The Morgan fingerprint density at radius 3 is 1.89 bits per heavy atom. The summed E-state index contributed by atoms with van der Waals surface area (Å²) in [5, 5.41) is 10.8. The van der Waals surface area contributed by atoms with Crippen LogP contribution >= 0.6 is 0 Å². The lowest BCUT2D eigenvalue weighted by Crippen LogP contribution is -2.54. The predicted molar refractivity (Wildman–Crippen MR) is 203 cm³/mol. The van der Waals surface area contributed by atoms with E-state index in [9.17, 15) is 33.6 Å². The molecule has 3 atom stereocenters. The number of carbonyl (C=O) groups excluding carboxylic acids is 7. The number of nitrogens with zero attached hydrogens (tertiary/aromatic N) is 1. The van der Waals surface area contributed by atoms with Gasteiger partial charge >= 0.3 is 12.0 Å². The Morgan fingerprint density at radius 1 is 0.830 bits per heavy atom. The molecule has 0 fully saturated rings. The fourth-order valence-electron chi connectivity index (χ4n) is 4.69. The van der Waals surface area contributed by atoms with Gasteiger partial charge in [-0.2, -0.15) is 0 Å². The molecule has 1 heterocycles. The zero-order valence-electron chi connectivity index (χ0n) is 33.1. The zero-order chi connectivity index (χ0) is 40.7. The molecule has 15 nitrogen and oxygen atoms in total. The van der Waals surface area contributed by atoms with Crippen LogP contribution in [0.3, 0.4) is 0 Å². The molecule has 1 aliphatic heterocycles. The number of carbonyl (C=O) groups is 7. The third-order valence-electron chi connectivity index (χ3n) is 7.53. The lowest BCUT2D eigenvalue weighted by atomic mass is 10.0. The van der Waals surface area contributed by atoms with Crippen molar-refractivity contribution in [2.75, 3.05) is 18.5 Å². The SMILES string of the molecule is CC.CC(C)N1C(=O)C=CC1=O.CCOC(C)CCC(=O)NC(C(=O)N[C@@H](CCCNC(N)=O)C(=O)Nc1ccc(COC(=O)C(C)C)cc1)C(C)C. The highest BCUT2D eigenvalue weighted by Crippen LogP contribution is 2.14. The second kappa shape index (κ2) is 26.0. The van der Waals surface area contributed by atoms with Gasteiger partial charge in [0, 0.05) is 43.5 Å². The molecular weight excluding hydrogens is 684 g/mol. The Balaban J connectivity index is 0.00000191. The van der Waals surface area contributed by atoms with Gasteiger partial charge in [0.05, 0.1) is 12.0 Å². The summed E-state index contributed by atoms with van der Waals surface area (Å²) in [7, 11) is 0. The minimum Gasteiger partial charge on any atom is -0.461 e. The van der Waals surface area contributed by atoms with Gasteiger partial charge in [-0.3, -0.25) is 33.7 Å². The van der Waals surface area contributed by atoms with Crippen LogP contribution in [0.25, 0.3) is 0 Å². The van der Waals surface area contributed by atoms with Crippen LogP contribution in [0.1, 0.15) is 100 Å². The first-order valence-electron chi connectivity index (χ1n) is 18.3. The Labute approximate surface area is 314 Å². The molecule has 0 saturated heterocycles. The van der Waals surface area contributed by atoms with Crippen molar-refractivity contribution in [1.82, 2.24) is 20.9 Å². The third kappa shape index (κ3) is 19.6. The topological polar surface area (TPSA) is 215 Å². The van der Waals surface area contributed by atoms with Crippen LogP contribution in [-0.2, 0) is 44.8 Å². The quantitative estimate of drug-likeness (QED) is 0.0786. The molecule has 0 bridgehead atoms. The number of primary amides is 1. The molecule has 53 heavy (non-hydrogen) atoms. The van der Waals surface area contributed by atoms with Crippen LogP contribution in [-0.4, -0.2) is 83.8 Å². The van der Waals surface area contributed by atoms with Crippen LogP contribution in [0.15, 0.2) is 36.4 Å². The largest absolute Gasteiger partial charge is 0.461 e. The van der Waals surface area contributed by atoms with E-state index < -0.39 is 29.9 Å². The molecule has 15 heteroatoms. The maximum absolute atomic E-state index is 13.2. The molecular formula is C38H62N6O9. The minimum atomic E-state index is -0.944. The van der Waals surface area contributed by atoms with Crippen molar-refractivity contribution in [2.24, 2.45) is 17.6 Å². The van der Waals surface area contributed by atoms with Crippen molar-refractivity contribution >= 4 is 47.2 Å². The molecule has 0 spiro atoms. The number of amides is 7. The summed E-state index contributed by atoms with van der Waals surface area (Å²) in [5.41, 5.74) is 6.36. The molecule has 2 rings (SSSR count). The van der Waals surface area contributed by atoms with Crippen molar-refractivity contribution in [3.05, 3.63) is 42.0 Å². The molecule has 0 aromatic heterocycles. The van der Waals surface area contributed by atoms with Crippen LogP contribution in [0, 0.1) is 11.8 Å². The molecule has 1 aromatic carbocycles. The average molecular weight is 747 g/mol. The number of anilines is 1. The number of hydrogen-bond acceptors (Lipinski definition) is 9. The smallest absolute Gasteiger partial charge is 0.312 e. The fraction of sp³-hybridized carbons (Fsp3) is 0.605. The summed E-state index contributed by atoms with van der Waals surface area (Å²) >= 11 is 0. The molecule has 7 amide bonds. The molecule has 298 valence electrons. The summed E-state index contributed by atoms with van der Waals surface area (Å²) < 4.78 is 10.7. The summed E-state index contributed by atoms with van der Waals surface area (Å²) in [4.78, 5) is 84.6. The summed E-state index contributed by atoms with van der Waals surface area (Å²) in [6.07, 6.45) is 3.81. The number of nitrogens with one attached hydrogen (secondary N) is 4. The monoisotopic (exact) mass is 746 g/mol.